The van der Waals surface area contributed by atoms with Crippen LogP contribution >= 0.6 is 0 Å². The Balaban J connectivity index is 1.75. The number of fused-ring (bicyclic) bond motifs is 1. The maximum Gasteiger partial charge on any atom is 0.312 e. The molecule has 0 aromatic rings. The van der Waals surface area contributed by atoms with Crippen molar-refractivity contribution in [2.75, 3.05) is 19.8 Å². The standard InChI is InChI=1S/C25H38N2O6/c1-4-14-26(17-10-8-7-9-11-17)23(30)21-25-13-12-18(33-25)19(24(31)32-6-3)20(25)22(29)27(21)16(5-2)15-28/h4,16-21,28H,1,5-15H2,2-3H3/t16-,18+,19-,20-,21?,25?/m0/s1. The van der Waals surface area contributed by atoms with Gasteiger partial charge in [-0.15, -0.1) is 6.58 Å². The number of carbonyl (C=O) groups excluding carboxylic acids is 3. The van der Waals surface area contributed by atoms with Crippen LogP contribution in [0, 0.1) is 11.8 Å². The Morgan fingerprint density at radius 1 is 1.30 bits per heavy atom. The molecule has 6 atom stereocenters. The van der Waals surface area contributed by atoms with Crippen LogP contribution in [0.25, 0.3) is 0 Å². The van der Waals surface area contributed by atoms with Crippen molar-refractivity contribution in [3.63, 3.8) is 0 Å². The minimum Gasteiger partial charge on any atom is -0.466 e. The highest BCUT2D eigenvalue weighted by molar-refractivity contribution is 5.98. The van der Waals surface area contributed by atoms with E-state index in [0.29, 0.717) is 25.8 Å². The molecule has 2 amide bonds. The molecule has 3 saturated heterocycles. The van der Waals surface area contributed by atoms with Gasteiger partial charge >= 0.3 is 5.97 Å². The van der Waals surface area contributed by atoms with Crippen LogP contribution in [0.4, 0.5) is 0 Å². The van der Waals surface area contributed by atoms with Gasteiger partial charge in [0.2, 0.25) is 11.8 Å². The molecular weight excluding hydrogens is 424 g/mol. The van der Waals surface area contributed by atoms with Crippen molar-refractivity contribution in [3.05, 3.63) is 12.7 Å². The molecule has 0 aromatic heterocycles. The van der Waals surface area contributed by atoms with Crippen molar-refractivity contribution in [2.24, 2.45) is 11.8 Å². The fraction of sp³-hybridized carbons (Fsp3) is 0.800. The molecule has 1 saturated carbocycles. The Bertz CT molecular complexity index is 777. The van der Waals surface area contributed by atoms with E-state index < -0.39 is 41.6 Å². The first kappa shape index (κ1) is 24.2. The SMILES string of the molecule is C=CCN(C(=O)C1N([C@@H](CC)CO)C(=O)[C@@H]2[C@@H](C(=O)OCC)[C@H]3CCC12O3)C1CCCCC1. The second-order valence-corrected chi connectivity index (χ2v) is 9.87. The number of nitrogens with zero attached hydrogens (tertiary/aromatic N) is 2. The molecule has 4 aliphatic rings. The van der Waals surface area contributed by atoms with Gasteiger partial charge in [0.15, 0.2) is 0 Å². The fourth-order valence-corrected chi connectivity index (χ4v) is 6.79. The largest absolute Gasteiger partial charge is 0.466 e. The zero-order valence-corrected chi connectivity index (χ0v) is 19.9. The van der Waals surface area contributed by atoms with Crippen LogP contribution in [0.3, 0.4) is 0 Å². The highest BCUT2D eigenvalue weighted by atomic mass is 16.6. The Labute approximate surface area is 196 Å². The van der Waals surface area contributed by atoms with Crippen LogP contribution in [0.2, 0.25) is 0 Å². The summed E-state index contributed by atoms with van der Waals surface area (Å²) in [7, 11) is 0. The van der Waals surface area contributed by atoms with Gasteiger partial charge in [-0.3, -0.25) is 14.4 Å². The second kappa shape index (κ2) is 9.74. The number of amides is 2. The lowest BCUT2D eigenvalue weighted by molar-refractivity contribution is -0.156. The van der Waals surface area contributed by atoms with Crippen LogP contribution < -0.4 is 0 Å². The molecule has 4 fully saturated rings. The summed E-state index contributed by atoms with van der Waals surface area (Å²) in [4.78, 5) is 44.4. The molecule has 4 rings (SSSR count). The van der Waals surface area contributed by atoms with Crippen LogP contribution in [0.1, 0.15) is 65.2 Å². The van der Waals surface area contributed by atoms with Crippen molar-refractivity contribution in [2.45, 2.75) is 95.0 Å². The third-order valence-electron chi connectivity index (χ3n) is 8.23. The van der Waals surface area contributed by atoms with E-state index in [-0.39, 0.29) is 31.1 Å². The lowest BCUT2D eigenvalue weighted by Crippen LogP contribution is -2.60. The highest BCUT2D eigenvalue weighted by Gasteiger charge is 2.75. The van der Waals surface area contributed by atoms with E-state index >= 15 is 0 Å². The van der Waals surface area contributed by atoms with Crippen molar-refractivity contribution in [1.29, 1.82) is 0 Å². The Morgan fingerprint density at radius 3 is 2.64 bits per heavy atom. The first-order chi connectivity index (χ1) is 15.9. The number of hydrogen-bond acceptors (Lipinski definition) is 6. The zero-order valence-electron chi connectivity index (χ0n) is 19.9. The average molecular weight is 463 g/mol. The van der Waals surface area contributed by atoms with Gasteiger partial charge in [-0.25, -0.2) is 0 Å². The number of aliphatic hydroxyl groups is 1. The molecule has 8 nitrogen and oxygen atoms in total. The summed E-state index contributed by atoms with van der Waals surface area (Å²) in [6, 6.07) is -1.25. The van der Waals surface area contributed by atoms with Crippen LogP contribution in [0.5, 0.6) is 0 Å². The number of carbonyl (C=O) groups is 3. The highest BCUT2D eigenvalue weighted by Crippen LogP contribution is 2.59. The van der Waals surface area contributed by atoms with Gasteiger partial charge in [0, 0.05) is 12.6 Å². The van der Waals surface area contributed by atoms with Crippen molar-refractivity contribution in [1.82, 2.24) is 9.80 Å². The minimum atomic E-state index is -1.05. The summed E-state index contributed by atoms with van der Waals surface area (Å²) < 4.78 is 11.7. The Hall–Kier alpha value is -1.93. The topological polar surface area (TPSA) is 96.4 Å². The van der Waals surface area contributed by atoms with Crippen LogP contribution in [-0.2, 0) is 23.9 Å². The van der Waals surface area contributed by atoms with Crippen molar-refractivity contribution in [3.8, 4) is 0 Å². The summed E-state index contributed by atoms with van der Waals surface area (Å²) in [6.07, 6.45) is 8.18. The molecule has 1 aliphatic carbocycles. The predicted octanol–water partition coefficient (Wildman–Crippen LogP) is 2.04. The van der Waals surface area contributed by atoms with E-state index in [1.807, 2.05) is 11.8 Å². The van der Waals surface area contributed by atoms with Crippen molar-refractivity contribution < 1.29 is 29.0 Å². The predicted molar refractivity (Wildman–Crippen MR) is 121 cm³/mol. The molecule has 1 N–H and O–H groups in total. The molecule has 8 heteroatoms. The van der Waals surface area contributed by atoms with Gasteiger partial charge in [-0.05, 0) is 39.0 Å². The van der Waals surface area contributed by atoms with Crippen LogP contribution in [0.15, 0.2) is 12.7 Å². The number of ether oxygens (including phenoxy) is 2. The lowest BCUT2D eigenvalue weighted by atomic mass is 9.70. The van der Waals surface area contributed by atoms with E-state index in [2.05, 4.69) is 6.58 Å². The summed E-state index contributed by atoms with van der Waals surface area (Å²) in [5.74, 6) is -2.29. The van der Waals surface area contributed by atoms with E-state index in [1.54, 1.807) is 17.9 Å². The van der Waals surface area contributed by atoms with Gasteiger partial charge in [0.1, 0.15) is 11.6 Å². The fourth-order valence-electron chi connectivity index (χ4n) is 6.79. The van der Waals surface area contributed by atoms with Gasteiger partial charge in [-0.1, -0.05) is 32.3 Å². The number of aliphatic hydroxyl groups excluding tert-OH is 1. The summed E-state index contributed by atoms with van der Waals surface area (Å²) in [5, 5.41) is 10.1. The number of hydrogen-bond donors (Lipinski definition) is 1. The third kappa shape index (κ3) is 3.79. The molecule has 33 heavy (non-hydrogen) atoms. The zero-order chi connectivity index (χ0) is 23.8. The van der Waals surface area contributed by atoms with E-state index in [1.165, 1.54) is 6.42 Å². The Kier molecular flexibility index (Phi) is 7.15. The van der Waals surface area contributed by atoms with Crippen molar-refractivity contribution >= 4 is 17.8 Å². The number of esters is 1. The van der Waals surface area contributed by atoms with Gasteiger partial charge in [0.05, 0.1) is 37.2 Å². The third-order valence-corrected chi connectivity index (χ3v) is 8.23. The average Bonchev–Trinajstić information content (AvgIpc) is 3.46. The van der Waals surface area contributed by atoms with E-state index in [0.717, 1.165) is 25.7 Å². The minimum absolute atomic E-state index is 0.102. The summed E-state index contributed by atoms with van der Waals surface area (Å²) in [6.45, 7) is 7.89. The first-order valence-electron chi connectivity index (χ1n) is 12.6. The molecule has 3 heterocycles. The lowest BCUT2D eigenvalue weighted by Gasteiger charge is -2.42. The molecular formula is C25H38N2O6. The van der Waals surface area contributed by atoms with Gasteiger partial charge < -0.3 is 24.4 Å². The summed E-state index contributed by atoms with van der Waals surface area (Å²) >= 11 is 0. The normalized spacial score (nSPS) is 34.3. The Morgan fingerprint density at radius 2 is 2.03 bits per heavy atom. The molecule has 0 radical (unpaired) electrons. The molecule has 3 aliphatic heterocycles. The second-order valence-electron chi connectivity index (χ2n) is 9.87. The van der Waals surface area contributed by atoms with Crippen LogP contribution in [-0.4, -0.2) is 82.3 Å². The molecule has 0 aromatic carbocycles. The molecule has 1 spiro atoms. The number of likely N-dealkylation sites (tertiary alicyclic amines) is 1. The smallest absolute Gasteiger partial charge is 0.312 e. The molecule has 2 unspecified atom stereocenters. The molecule has 184 valence electrons. The maximum absolute atomic E-state index is 14.3. The molecule has 2 bridgehead atoms. The van der Waals surface area contributed by atoms with E-state index in [9.17, 15) is 19.5 Å². The maximum atomic E-state index is 14.3. The summed E-state index contributed by atoms with van der Waals surface area (Å²) in [5.41, 5.74) is -1.05. The number of rotatable bonds is 9. The van der Waals surface area contributed by atoms with Gasteiger partial charge in [0.25, 0.3) is 0 Å². The van der Waals surface area contributed by atoms with Gasteiger partial charge in [-0.2, -0.15) is 0 Å². The quantitative estimate of drug-likeness (QED) is 0.416. The van der Waals surface area contributed by atoms with E-state index in [4.69, 9.17) is 9.47 Å². The first-order valence-corrected chi connectivity index (χ1v) is 12.6. The monoisotopic (exact) mass is 462 g/mol.